The minimum atomic E-state index is -0.469. The first-order valence-electron chi connectivity index (χ1n) is 7.84. The number of ether oxygens (including phenoxy) is 1. The van der Waals surface area contributed by atoms with Crippen molar-refractivity contribution in [1.29, 1.82) is 0 Å². The van der Waals surface area contributed by atoms with Crippen LogP contribution in [0.25, 0.3) is 0 Å². The molecule has 5 nitrogen and oxygen atoms in total. The van der Waals surface area contributed by atoms with E-state index in [-0.39, 0.29) is 17.9 Å². The molecule has 22 heavy (non-hydrogen) atoms. The number of amides is 1. The van der Waals surface area contributed by atoms with Gasteiger partial charge in [-0.05, 0) is 51.5 Å². The Labute approximate surface area is 132 Å². The zero-order valence-electron chi connectivity index (χ0n) is 13.9. The van der Waals surface area contributed by atoms with Gasteiger partial charge in [0.2, 0.25) is 0 Å². The first-order chi connectivity index (χ1) is 10.3. The highest BCUT2D eigenvalue weighted by atomic mass is 16.6. The largest absolute Gasteiger partial charge is 0.508 e. The van der Waals surface area contributed by atoms with E-state index >= 15 is 0 Å². The molecular weight excluding hydrogens is 280 g/mol. The van der Waals surface area contributed by atoms with Gasteiger partial charge in [-0.3, -0.25) is 0 Å². The number of piperazine rings is 1. The maximum absolute atomic E-state index is 12.3. The maximum Gasteiger partial charge on any atom is 0.410 e. The van der Waals surface area contributed by atoms with Crippen molar-refractivity contribution in [1.82, 2.24) is 4.90 Å². The molecule has 1 atom stereocenters. The van der Waals surface area contributed by atoms with Gasteiger partial charge in [0.15, 0.2) is 0 Å². The lowest BCUT2D eigenvalue weighted by Gasteiger charge is -2.42. The van der Waals surface area contributed by atoms with E-state index in [1.54, 1.807) is 12.1 Å². The molecule has 0 unspecified atom stereocenters. The van der Waals surface area contributed by atoms with Crippen LogP contribution in [0.5, 0.6) is 5.75 Å². The predicted molar refractivity (Wildman–Crippen MR) is 87.3 cm³/mol. The lowest BCUT2D eigenvalue weighted by atomic mass is 10.1. The van der Waals surface area contributed by atoms with Crippen molar-refractivity contribution in [3.8, 4) is 5.75 Å². The average molecular weight is 306 g/mol. The van der Waals surface area contributed by atoms with E-state index in [1.807, 2.05) is 37.8 Å². The van der Waals surface area contributed by atoms with Crippen molar-refractivity contribution in [2.75, 3.05) is 24.5 Å². The van der Waals surface area contributed by atoms with Crippen LogP contribution in [0.4, 0.5) is 10.5 Å². The monoisotopic (exact) mass is 306 g/mol. The van der Waals surface area contributed by atoms with Crippen LogP contribution in [-0.4, -0.2) is 47.4 Å². The lowest BCUT2D eigenvalue weighted by molar-refractivity contribution is 0.0137. The summed E-state index contributed by atoms with van der Waals surface area (Å²) in [5.41, 5.74) is 0.601. The number of hydrogen-bond acceptors (Lipinski definition) is 4. The molecule has 5 heteroatoms. The number of nitrogens with zero attached hydrogens (tertiary/aromatic N) is 2. The fourth-order valence-corrected chi connectivity index (χ4v) is 2.66. The van der Waals surface area contributed by atoms with Gasteiger partial charge in [0.25, 0.3) is 0 Å². The molecule has 1 saturated heterocycles. The third-order valence-corrected chi connectivity index (χ3v) is 3.80. The molecule has 1 aliphatic heterocycles. The maximum atomic E-state index is 12.3. The molecule has 1 N–H and O–H groups in total. The van der Waals surface area contributed by atoms with Gasteiger partial charge in [0.1, 0.15) is 11.4 Å². The Hall–Kier alpha value is -1.91. The highest BCUT2D eigenvalue weighted by molar-refractivity contribution is 5.69. The Bertz CT molecular complexity index is 508. The van der Waals surface area contributed by atoms with E-state index in [4.69, 9.17) is 4.74 Å². The summed E-state index contributed by atoms with van der Waals surface area (Å²) >= 11 is 0. The smallest absolute Gasteiger partial charge is 0.410 e. The van der Waals surface area contributed by atoms with Gasteiger partial charge < -0.3 is 19.6 Å². The summed E-state index contributed by atoms with van der Waals surface area (Å²) < 4.78 is 5.50. The molecule has 0 bridgehead atoms. The predicted octanol–water partition coefficient (Wildman–Crippen LogP) is 3.23. The number of aromatic hydroxyl groups is 1. The zero-order chi connectivity index (χ0) is 16.3. The Morgan fingerprint density at radius 1 is 1.27 bits per heavy atom. The van der Waals surface area contributed by atoms with E-state index in [9.17, 15) is 9.90 Å². The van der Waals surface area contributed by atoms with Crippen molar-refractivity contribution in [2.45, 2.75) is 45.8 Å². The van der Waals surface area contributed by atoms with E-state index < -0.39 is 5.60 Å². The molecule has 1 amide bonds. The number of anilines is 1. The van der Waals surface area contributed by atoms with E-state index in [0.717, 1.165) is 25.2 Å². The van der Waals surface area contributed by atoms with E-state index in [0.29, 0.717) is 6.54 Å². The van der Waals surface area contributed by atoms with Gasteiger partial charge in [-0.1, -0.05) is 6.92 Å². The van der Waals surface area contributed by atoms with E-state index in [2.05, 4.69) is 11.8 Å². The Balaban J connectivity index is 2.05. The van der Waals surface area contributed by atoms with Gasteiger partial charge in [0.05, 0.1) is 6.04 Å². The van der Waals surface area contributed by atoms with Crippen LogP contribution in [0.15, 0.2) is 24.3 Å². The molecule has 0 aliphatic carbocycles. The van der Waals surface area contributed by atoms with Crippen molar-refractivity contribution < 1.29 is 14.6 Å². The van der Waals surface area contributed by atoms with Crippen molar-refractivity contribution in [3.63, 3.8) is 0 Å². The molecule has 1 aliphatic rings. The van der Waals surface area contributed by atoms with Gasteiger partial charge in [-0.25, -0.2) is 4.79 Å². The highest BCUT2D eigenvalue weighted by Gasteiger charge is 2.32. The minimum Gasteiger partial charge on any atom is -0.508 e. The second-order valence-corrected chi connectivity index (χ2v) is 6.70. The van der Waals surface area contributed by atoms with Crippen LogP contribution in [0.1, 0.15) is 34.1 Å². The summed E-state index contributed by atoms with van der Waals surface area (Å²) in [5, 5.41) is 9.39. The summed E-state index contributed by atoms with van der Waals surface area (Å²) in [6.07, 6.45) is 0.651. The fourth-order valence-electron chi connectivity index (χ4n) is 2.66. The summed E-state index contributed by atoms with van der Waals surface area (Å²) in [6, 6.07) is 7.33. The summed E-state index contributed by atoms with van der Waals surface area (Å²) in [7, 11) is 0. The number of phenolic OH excluding ortho intramolecular Hbond substituents is 1. The number of rotatable bonds is 2. The molecule has 0 radical (unpaired) electrons. The third-order valence-electron chi connectivity index (χ3n) is 3.80. The van der Waals surface area contributed by atoms with Gasteiger partial charge in [0, 0.05) is 25.3 Å². The standard InChI is InChI=1S/C17H26N2O3/c1-5-13-12-18(14-6-8-15(20)9-7-14)10-11-19(13)16(21)22-17(2,3)4/h6-9,13,20H,5,10-12H2,1-4H3/t13-/m0/s1. The van der Waals surface area contributed by atoms with Gasteiger partial charge in [-0.15, -0.1) is 0 Å². The highest BCUT2D eigenvalue weighted by Crippen LogP contribution is 2.24. The van der Waals surface area contributed by atoms with Crippen LogP contribution in [0.2, 0.25) is 0 Å². The van der Waals surface area contributed by atoms with Crippen molar-refractivity contribution in [3.05, 3.63) is 24.3 Å². The van der Waals surface area contributed by atoms with Gasteiger partial charge >= 0.3 is 6.09 Å². The summed E-state index contributed by atoms with van der Waals surface area (Å²) in [5.74, 6) is 0.267. The van der Waals surface area contributed by atoms with Crippen molar-refractivity contribution >= 4 is 11.8 Å². The van der Waals surface area contributed by atoms with Crippen LogP contribution in [0, 0.1) is 0 Å². The molecule has 0 saturated carbocycles. The number of hydrogen-bond donors (Lipinski definition) is 1. The lowest BCUT2D eigenvalue weighted by Crippen LogP contribution is -2.56. The molecule has 1 fully saturated rings. The molecular formula is C17H26N2O3. The normalized spacial score (nSPS) is 19.2. The SMILES string of the molecule is CC[C@H]1CN(c2ccc(O)cc2)CCN1C(=O)OC(C)(C)C. The zero-order valence-corrected chi connectivity index (χ0v) is 13.9. The molecule has 1 aromatic rings. The number of carbonyl (C=O) groups excluding carboxylic acids is 1. The number of carbonyl (C=O) groups is 1. The Morgan fingerprint density at radius 3 is 2.45 bits per heavy atom. The molecule has 2 rings (SSSR count). The average Bonchev–Trinajstić information content (AvgIpc) is 2.45. The third kappa shape index (κ3) is 4.06. The Morgan fingerprint density at radius 2 is 1.91 bits per heavy atom. The van der Waals surface area contributed by atoms with Gasteiger partial charge in [-0.2, -0.15) is 0 Å². The first-order valence-corrected chi connectivity index (χ1v) is 7.84. The molecule has 0 aromatic heterocycles. The van der Waals surface area contributed by atoms with Crippen LogP contribution >= 0.6 is 0 Å². The van der Waals surface area contributed by atoms with Crippen LogP contribution < -0.4 is 4.90 Å². The topological polar surface area (TPSA) is 53.0 Å². The second-order valence-electron chi connectivity index (χ2n) is 6.70. The Kier molecular flexibility index (Phi) is 4.84. The van der Waals surface area contributed by atoms with Crippen molar-refractivity contribution in [2.24, 2.45) is 0 Å². The van der Waals surface area contributed by atoms with Crippen LogP contribution in [0.3, 0.4) is 0 Å². The van der Waals surface area contributed by atoms with E-state index in [1.165, 1.54) is 0 Å². The molecule has 0 spiro atoms. The van der Waals surface area contributed by atoms with Crippen LogP contribution in [-0.2, 0) is 4.74 Å². The fraction of sp³-hybridized carbons (Fsp3) is 0.588. The number of benzene rings is 1. The second kappa shape index (κ2) is 6.46. The number of phenols is 1. The quantitative estimate of drug-likeness (QED) is 0.911. The molecule has 1 aromatic carbocycles. The summed E-state index contributed by atoms with van der Waals surface area (Å²) in [6.45, 7) is 9.94. The molecule has 1 heterocycles. The summed E-state index contributed by atoms with van der Waals surface area (Å²) in [4.78, 5) is 16.4. The first kappa shape index (κ1) is 16.5. The minimum absolute atomic E-state index is 0.136. The molecule has 122 valence electrons.